The number of furan rings is 1. The normalized spacial score (nSPS) is 25.1. The molecular formula is C25H32O6. The Morgan fingerprint density at radius 3 is 2.77 bits per heavy atom. The van der Waals surface area contributed by atoms with Gasteiger partial charge in [-0.3, -0.25) is 4.79 Å². The zero-order valence-corrected chi connectivity index (χ0v) is 17.6. The van der Waals surface area contributed by atoms with E-state index >= 15 is 0 Å². The predicted molar refractivity (Wildman–Crippen MR) is 119 cm³/mol. The molecule has 3 rings (SSSR count). The van der Waals surface area contributed by atoms with Crippen molar-refractivity contribution in [3.63, 3.8) is 0 Å². The lowest BCUT2D eigenvalue weighted by atomic mass is 9.89. The third kappa shape index (κ3) is 6.79. The Morgan fingerprint density at radius 1 is 1.19 bits per heavy atom. The summed E-state index contributed by atoms with van der Waals surface area (Å²) in [6, 6.07) is 9.79. The van der Waals surface area contributed by atoms with Crippen LogP contribution in [-0.4, -0.2) is 44.7 Å². The van der Waals surface area contributed by atoms with Crippen LogP contribution in [0.15, 0.2) is 59.1 Å². The van der Waals surface area contributed by atoms with Gasteiger partial charge < -0.3 is 24.8 Å². The van der Waals surface area contributed by atoms with Gasteiger partial charge in [-0.15, -0.1) is 0 Å². The molecule has 1 aliphatic carbocycles. The van der Waals surface area contributed by atoms with Gasteiger partial charge in [0.1, 0.15) is 11.3 Å². The molecule has 0 spiro atoms. The van der Waals surface area contributed by atoms with E-state index in [1.54, 1.807) is 6.08 Å². The molecule has 2 aromatic rings. The third-order valence-corrected chi connectivity index (χ3v) is 5.97. The summed E-state index contributed by atoms with van der Waals surface area (Å²) in [5, 5.41) is 40.7. The number of unbranched alkanes of at least 4 members (excludes halogenated alkanes) is 1. The van der Waals surface area contributed by atoms with Crippen LogP contribution in [-0.2, 0) is 11.2 Å². The number of hydrogen-bond donors (Lipinski definition) is 4. The number of allylic oxidation sites excluding steroid dienone is 2. The molecule has 1 fully saturated rings. The van der Waals surface area contributed by atoms with Crippen molar-refractivity contribution in [1.29, 1.82) is 0 Å². The average molecular weight is 429 g/mol. The number of aliphatic hydroxyl groups is 3. The van der Waals surface area contributed by atoms with Gasteiger partial charge >= 0.3 is 5.97 Å². The Balaban J connectivity index is 1.49. The van der Waals surface area contributed by atoms with Gasteiger partial charge in [0.15, 0.2) is 0 Å². The van der Waals surface area contributed by atoms with Crippen molar-refractivity contribution in [1.82, 2.24) is 0 Å². The molecule has 0 radical (unpaired) electrons. The summed E-state index contributed by atoms with van der Waals surface area (Å²) in [6.07, 6.45) is 8.98. The zero-order chi connectivity index (χ0) is 22.2. The Labute approximate surface area is 182 Å². The molecule has 0 saturated heterocycles. The maximum Gasteiger partial charge on any atom is 0.303 e. The first-order valence-electron chi connectivity index (χ1n) is 11.0. The van der Waals surface area contributed by atoms with Crippen molar-refractivity contribution in [2.75, 3.05) is 0 Å². The summed E-state index contributed by atoms with van der Waals surface area (Å²) in [4.78, 5) is 10.5. The minimum Gasteiger partial charge on any atom is -0.481 e. The highest BCUT2D eigenvalue weighted by atomic mass is 16.4. The number of para-hydroxylation sites is 1. The fraction of sp³-hybridized carbons (Fsp3) is 0.480. The maximum absolute atomic E-state index is 10.5. The molecule has 1 aromatic heterocycles. The van der Waals surface area contributed by atoms with Crippen LogP contribution in [0, 0.1) is 11.8 Å². The van der Waals surface area contributed by atoms with E-state index in [0.29, 0.717) is 38.5 Å². The number of carboxylic acid groups (broad SMARTS) is 1. The number of carboxylic acids is 1. The first-order valence-corrected chi connectivity index (χ1v) is 11.0. The molecule has 1 aliphatic rings. The molecule has 1 heterocycles. The van der Waals surface area contributed by atoms with E-state index in [4.69, 9.17) is 9.52 Å². The standard InChI is InChI=1S/C25H32O6/c26-18(11-13-19-15-17-7-5-6-9-24(17)31-19)12-14-21-20(22(27)16-23(21)28)8-3-1-2-4-10-25(29)30/h1,3,5-7,9,12,14-15,18,20-23,26-28H,2,4,8,10-11,13,16H2,(H,29,30)/b3-1+,14-12+. The highest BCUT2D eigenvalue weighted by Crippen LogP contribution is 2.36. The molecule has 1 saturated carbocycles. The number of hydrogen-bond acceptors (Lipinski definition) is 5. The largest absolute Gasteiger partial charge is 0.481 e. The Morgan fingerprint density at radius 2 is 2.00 bits per heavy atom. The van der Waals surface area contributed by atoms with E-state index in [1.807, 2.05) is 48.6 Å². The van der Waals surface area contributed by atoms with E-state index in [-0.39, 0.29) is 18.3 Å². The van der Waals surface area contributed by atoms with Gasteiger partial charge in [-0.2, -0.15) is 0 Å². The number of carbonyl (C=O) groups is 1. The summed E-state index contributed by atoms with van der Waals surface area (Å²) < 4.78 is 5.78. The zero-order valence-electron chi connectivity index (χ0n) is 17.6. The van der Waals surface area contributed by atoms with E-state index in [1.165, 1.54) is 0 Å². The van der Waals surface area contributed by atoms with Gasteiger partial charge in [-0.05, 0) is 43.7 Å². The highest BCUT2D eigenvalue weighted by molar-refractivity contribution is 5.77. The second-order valence-corrected chi connectivity index (χ2v) is 8.35. The molecule has 4 N–H and O–H groups in total. The molecule has 31 heavy (non-hydrogen) atoms. The molecule has 168 valence electrons. The molecule has 0 amide bonds. The van der Waals surface area contributed by atoms with E-state index in [0.717, 1.165) is 16.7 Å². The quantitative estimate of drug-likeness (QED) is 0.320. The number of aryl methyl sites for hydroxylation is 1. The lowest BCUT2D eigenvalue weighted by Gasteiger charge is -2.19. The van der Waals surface area contributed by atoms with Crippen LogP contribution in [0.5, 0.6) is 0 Å². The highest BCUT2D eigenvalue weighted by Gasteiger charge is 2.39. The van der Waals surface area contributed by atoms with Gasteiger partial charge in [0.25, 0.3) is 0 Å². The third-order valence-electron chi connectivity index (χ3n) is 5.97. The Hall–Kier alpha value is -2.41. The number of aliphatic carboxylic acids is 1. The number of benzene rings is 1. The molecular weight excluding hydrogens is 396 g/mol. The van der Waals surface area contributed by atoms with Gasteiger partial charge in [-0.1, -0.05) is 42.5 Å². The molecule has 6 heteroatoms. The number of rotatable bonds is 11. The smallest absolute Gasteiger partial charge is 0.303 e. The van der Waals surface area contributed by atoms with Crippen LogP contribution >= 0.6 is 0 Å². The van der Waals surface area contributed by atoms with E-state index in [9.17, 15) is 20.1 Å². The molecule has 0 bridgehead atoms. The van der Waals surface area contributed by atoms with Crippen LogP contribution < -0.4 is 0 Å². The second kappa shape index (κ2) is 11.3. The lowest BCUT2D eigenvalue weighted by Crippen LogP contribution is -2.20. The fourth-order valence-electron chi connectivity index (χ4n) is 4.25. The molecule has 1 aromatic carbocycles. The van der Waals surface area contributed by atoms with Gasteiger partial charge in [0.05, 0.1) is 18.3 Å². The lowest BCUT2D eigenvalue weighted by molar-refractivity contribution is -0.137. The minimum absolute atomic E-state index is 0.121. The van der Waals surface area contributed by atoms with Crippen LogP contribution in [0.3, 0.4) is 0 Å². The molecule has 5 atom stereocenters. The van der Waals surface area contributed by atoms with Crippen molar-refractivity contribution in [3.05, 3.63) is 60.4 Å². The monoisotopic (exact) mass is 428 g/mol. The van der Waals surface area contributed by atoms with Crippen molar-refractivity contribution >= 4 is 16.9 Å². The molecule has 5 unspecified atom stereocenters. The van der Waals surface area contributed by atoms with Crippen molar-refractivity contribution < 1.29 is 29.6 Å². The van der Waals surface area contributed by atoms with E-state index < -0.39 is 24.3 Å². The first kappa shape index (κ1) is 23.3. The number of fused-ring (bicyclic) bond motifs is 1. The topological polar surface area (TPSA) is 111 Å². The Bertz CT molecular complexity index is 865. The second-order valence-electron chi connectivity index (χ2n) is 8.35. The molecule has 0 aliphatic heterocycles. The van der Waals surface area contributed by atoms with Crippen LogP contribution in [0.4, 0.5) is 0 Å². The average Bonchev–Trinajstić information content (AvgIpc) is 3.27. The molecule has 6 nitrogen and oxygen atoms in total. The van der Waals surface area contributed by atoms with Crippen molar-refractivity contribution in [2.45, 2.75) is 63.3 Å². The number of aliphatic hydroxyl groups excluding tert-OH is 3. The summed E-state index contributed by atoms with van der Waals surface area (Å²) in [5.41, 5.74) is 0.837. The Kier molecular flexibility index (Phi) is 8.46. The van der Waals surface area contributed by atoms with Crippen molar-refractivity contribution in [2.24, 2.45) is 11.8 Å². The summed E-state index contributed by atoms with van der Waals surface area (Å²) in [6.45, 7) is 0. The SMILES string of the molecule is O=C(O)CCC/C=C/CC1C(O)CC(O)C1/C=C/C(O)CCc1cc2ccccc2o1. The van der Waals surface area contributed by atoms with Crippen LogP contribution in [0.2, 0.25) is 0 Å². The summed E-state index contributed by atoms with van der Waals surface area (Å²) >= 11 is 0. The minimum atomic E-state index is -0.799. The van der Waals surface area contributed by atoms with Crippen LogP contribution in [0.1, 0.15) is 44.3 Å². The predicted octanol–water partition coefficient (Wildman–Crippen LogP) is 3.84. The maximum atomic E-state index is 10.5. The van der Waals surface area contributed by atoms with Crippen molar-refractivity contribution in [3.8, 4) is 0 Å². The van der Waals surface area contributed by atoms with Gasteiger partial charge in [0.2, 0.25) is 0 Å². The van der Waals surface area contributed by atoms with Gasteiger partial charge in [0, 0.05) is 30.6 Å². The first-order chi connectivity index (χ1) is 14.9. The van der Waals surface area contributed by atoms with Gasteiger partial charge in [-0.25, -0.2) is 0 Å². The van der Waals surface area contributed by atoms with Crippen LogP contribution in [0.25, 0.3) is 11.0 Å². The summed E-state index contributed by atoms with van der Waals surface area (Å²) in [7, 11) is 0. The summed E-state index contributed by atoms with van der Waals surface area (Å²) in [5.74, 6) is -0.313. The van der Waals surface area contributed by atoms with E-state index in [2.05, 4.69) is 0 Å². The fourth-order valence-corrected chi connectivity index (χ4v) is 4.25.